The molecule has 0 bridgehead atoms. The molecule has 0 aliphatic carbocycles. The standard InChI is InChI=1S/C22H24N2O6S/c1-27-15-10-13(11-16(28-2)20(15)29-3)23-19-18(17-7-5-9-31-17)21(25)24(22(19)26)12-14-6-4-8-30-14/h5,7,9-11,14,23H,4,6,8,12H2,1-3H3. The van der Waals surface area contributed by atoms with E-state index in [0.29, 0.717) is 35.1 Å². The Morgan fingerprint density at radius 3 is 2.42 bits per heavy atom. The van der Waals surface area contributed by atoms with Crippen LogP contribution < -0.4 is 19.5 Å². The molecule has 1 unspecified atom stereocenters. The average Bonchev–Trinajstić information content (AvgIpc) is 3.53. The average molecular weight is 445 g/mol. The number of carbonyl (C=O) groups excluding carboxylic acids is 2. The molecule has 1 aromatic carbocycles. The Labute approximate surface area is 184 Å². The van der Waals surface area contributed by atoms with Crippen molar-refractivity contribution in [2.75, 3.05) is 39.8 Å². The third kappa shape index (κ3) is 3.98. The smallest absolute Gasteiger partial charge is 0.278 e. The van der Waals surface area contributed by atoms with Gasteiger partial charge in [-0.05, 0) is 24.3 Å². The molecule has 2 aliphatic rings. The summed E-state index contributed by atoms with van der Waals surface area (Å²) in [6.45, 7) is 0.898. The van der Waals surface area contributed by atoms with E-state index in [1.807, 2.05) is 17.5 Å². The predicted octanol–water partition coefficient (Wildman–Crippen LogP) is 3.14. The molecule has 8 nitrogen and oxygen atoms in total. The van der Waals surface area contributed by atoms with Crippen LogP contribution in [0, 0.1) is 0 Å². The second-order valence-corrected chi connectivity index (χ2v) is 8.07. The van der Waals surface area contributed by atoms with Crippen molar-refractivity contribution < 1.29 is 28.5 Å². The van der Waals surface area contributed by atoms with Gasteiger partial charge in [-0.15, -0.1) is 11.3 Å². The van der Waals surface area contributed by atoms with Gasteiger partial charge in [0.1, 0.15) is 5.70 Å². The number of imide groups is 1. The number of anilines is 1. The van der Waals surface area contributed by atoms with Crippen LogP contribution in [-0.2, 0) is 14.3 Å². The van der Waals surface area contributed by atoms with Gasteiger partial charge in [-0.3, -0.25) is 14.5 Å². The van der Waals surface area contributed by atoms with E-state index in [0.717, 1.165) is 17.7 Å². The first-order chi connectivity index (χ1) is 15.1. The normalized spacial score (nSPS) is 18.7. The largest absolute Gasteiger partial charge is 0.493 e. The van der Waals surface area contributed by atoms with Gasteiger partial charge in [0.15, 0.2) is 11.5 Å². The molecule has 1 saturated heterocycles. The molecule has 9 heteroatoms. The van der Waals surface area contributed by atoms with Crippen LogP contribution in [0.4, 0.5) is 5.69 Å². The highest BCUT2D eigenvalue weighted by Crippen LogP contribution is 2.41. The fourth-order valence-electron chi connectivity index (χ4n) is 3.80. The monoisotopic (exact) mass is 444 g/mol. The zero-order valence-electron chi connectivity index (χ0n) is 17.6. The maximum Gasteiger partial charge on any atom is 0.278 e. The van der Waals surface area contributed by atoms with Crippen molar-refractivity contribution in [3.05, 3.63) is 40.2 Å². The number of nitrogens with zero attached hydrogens (tertiary/aromatic N) is 1. The first-order valence-electron chi connectivity index (χ1n) is 9.90. The number of thiophene rings is 1. The highest BCUT2D eigenvalue weighted by molar-refractivity contribution is 7.11. The third-order valence-corrected chi connectivity index (χ3v) is 6.17. The molecular weight excluding hydrogens is 420 g/mol. The molecule has 2 aliphatic heterocycles. The molecule has 1 atom stereocenters. The number of methoxy groups -OCH3 is 3. The second-order valence-electron chi connectivity index (χ2n) is 7.12. The summed E-state index contributed by atoms with van der Waals surface area (Å²) >= 11 is 1.41. The number of benzene rings is 1. The lowest BCUT2D eigenvalue weighted by molar-refractivity contribution is -0.138. The number of ether oxygens (including phenoxy) is 4. The first kappa shape index (κ1) is 21.2. The Morgan fingerprint density at radius 2 is 1.87 bits per heavy atom. The molecule has 1 aromatic heterocycles. The van der Waals surface area contributed by atoms with E-state index in [2.05, 4.69) is 5.32 Å². The molecule has 2 aromatic rings. The molecule has 0 spiro atoms. The quantitative estimate of drug-likeness (QED) is 0.626. The minimum atomic E-state index is -0.377. The maximum absolute atomic E-state index is 13.3. The maximum atomic E-state index is 13.3. The zero-order valence-corrected chi connectivity index (χ0v) is 18.4. The molecular formula is C22H24N2O6S. The SMILES string of the molecule is COc1cc(NC2=C(c3cccs3)C(=O)N(CC3CCCO3)C2=O)cc(OC)c1OC. The van der Waals surface area contributed by atoms with Gasteiger partial charge in [0.2, 0.25) is 5.75 Å². The van der Waals surface area contributed by atoms with Gasteiger partial charge in [-0.25, -0.2) is 0 Å². The summed E-state index contributed by atoms with van der Waals surface area (Å²) in [6, 6.07) is 7.07. The summed E-state index contributed by atoms with van der Waals surface area (Å²) in [5.74, 6) is 0.624. The lowest BCUT2D eigenvalue weighted by Crippen LogP contribution is -2.38. The van der Waals surface area contributed by atoms with Gasteiger partial charge in [0.05, 0.1) is 39.6 Å². The minimum absolute atomic E-state index is 0.127. The highest BCUT2D eigenvalue weighted by Gasteiger charge is 2.41. The Balaban J connectivity index is 1.71. The first-order valence-corrected chi connectivity index (χ1v) is 10.8. The van der Waals surface area contributed by atoms with Crippen LogP contribution in [0.5, 0.6) is 17.2 Å². The number of hydrogen-bond donors (Lipinski definition) is 1. The predicted molar refractivity (Wildman–Crippen MR) is 117 cm³/mol. The summed E-state index contributed by atoms with van der Waals surface area (Å²) < 4.78 is 21.8. The van der Waals surface area contributed by atoms with Crippen molar-refractivity contribution in [2.24, 2.45) is 0 Å². The van der Waals surface area contributed by atoms with Gasteiger partial charge >= 0.3 is 0 Å². The summed E-state index contributed by atoms with van der Waals surface area (Å²) in [7, 11) is 4.56. The topological polar surface area (TPSA) is 86.3 Å². The van der Waals surface area contributed by atoms with Crippen LogP contribution in [0.2, 0.25) is 0 Å². The van der Waals surface area contributed by atoms with E-state index in [-0.39, 0.29) is 30.2 Å². The Hall–Kier alpha value is -3.04. The van der Waals surface area contributed by atoms with Crippen molar-refractivity contribution in [2.45, 2.75) is 18.9 Å². The molecule has 1 fully saturated rings. The van der Waals surface area contributed by atoms with E-state index in [9.17, 15) is 9.59 Å². The number of amides is 2. The van der Waals surface area contributed by atoms with Crippen LogP contribution >= 0.6 is 11.3 Å². The fraction of sp³-hybridized carbons (Fsp3) is 0.364. The van der Waals surface area contributed by atoms with E-state index in [4.69, 9.17) is 18.9 Å². The summed E-state index contributed by atoms with van der Waals surface area (Å²) in [5.41, 5.74) is 1.12. The fourth-order valence-corrected chi connectivity index (χ4v) is 4.56. The summed E-state index contributed by atoms with van der Waals surface area (Å²) in [5, 5.41) is 5.01. The highest BCUT2D eigenvalue weighted by atomic mass is 32.1. The van der Waals surface area contributed by atoms with Gasteiger partial charge in [0, 0.05) is 29.3 Å². The van der Waals surface area contributed by atoms with Gasteiger partial charge in [-0.1, -0.05) is 6.07 Å². The summed E-state index contributed by atoms with van der Waals surface area (Å²) in [4.78, 5) is 28.5. The van der Waals surface area contributed by atoms with Crippen molar-refractivity contribution >= 4 is 34.4 Å². The molecule has 3 heterocycles. The molecule has 164 valence electrons. The Bertz CT molecular complexity index is 986. The lowest BCUT2D eigenvalue weighted by atomic mass is 10.1. The van der Waals surface area contributed by atoms with Gasteiger partial charge in [0.25, 0.3) is 11.8 Å². The molecule has 2 amide bonds. The van der Waals surface area contributed by atoms with Crippen molar-refractivity contribution in [1.29, 1.82) is 0 Å². The van der Waals surface area contributed by atoms with Crippen LogP contribution in [0.1, 0.15) is 17.7 Å². The van der Waals surface area contributed by atoms with Gasteiger partial charge in [-0.2, -0.15) is 0 Å². The molecule has 31 heavy (non-hydrogen) atoms. The van der Waals surface area contributed by atoms with Crippen molar-refractivity contribution in [3.8, 4) is 17.2 Å². The summed E-state index contributed by atoms with van der Waals surface area (Å²) in [6.07, 6.45) is 1.64. The van der Waals surface area contributed by atoms with Crippen molar-refractivity contribution in [3.63, 3.8) is 0 Å². The molecule has 4 rings (SSSR count). The van der Waals surface area contributed by atoms with E-state index in [1.54, 1.807) is 12.1 Å². The molecule has 0 saturated carbocycles. The van der Waals surface area contributed by atoms with E-state index < -0.39 is 0 Å². The van der Waals surface area contributed by atoms with Crippen LogP contribution in [0.25, 0.3) is 5.57 Å². The third-order valence-electron chi connectivity index (χ3n) is 5.28. The van der Waals surface area contributed by atoms with Crippen LogP contribution in [-0.4, -0.2) is 57.3 Å². The number of nitrogens with one attached hydrogen (secondary N) is 1. The zero-order chi connectivity index (χ0) is 22.0. The van der Waals surface area contributed by atoms with Crippen molar-refractivity contribution in [1.82, 2.24) is 4.90 Å². The van der Waals surface area contributed by atoms with Crippen LogP contribution in [0.3, 0.4) is 0 Å². The number of carbonyl (C=O) groups is 2. The molecule has 0 radical (unpaired) electrons. The minimum Gasteiger partial charge on any atom is -0.493 e. The van der Waals surface area contributed by atoms with E-state index in [1.165, 1.54) is 37.6 Å². The second kappa shape index (κ2) is 8.99. The number of hydrogen-bond acceptors (Lipinski definition) is 8. The molecule has 1 N–H and O–H groups in total. The Morgan fingerprint density at radius 1 is 1.13 bits per heavy atom. The van der Waals surface area contributed by atoms with Gasteiger partial charge < -0.3 is 24.3 Å². The van der Waals surface area contributed by atoms with E-state index >= 15 is 0 Å². The number of rotatable bonds is 8. The van der Waals surface area contributed by atoms with Crippen LogP contribution in [0.15, 0.2) is 35.3 Å². The lowest BCUT2D eigenvalue weighted by Gasteiger charge is -2.19. The Kier molecular flexibility index (Phi) is 6.15.